The highest BCUT2D eigenvalue weighted by molar-refractivity contribution is 7.80. The zero-order chi connectivity index (χ0) is 13.7. The van der Waals surface area contributed by atoms with Crippen molar-refractivity contribution in [2.24, 2.45) is 0 Å². The molecular formula is C16H20N2S. The summed E-state index contributed by atoms with van der Waals surface area (Å²) in [6, 6.07) is 14.9. The lowest BCUT2D eigenvalue weighted by Crippen LogP contribution is -2.35. The van der Waals surface area contributed by atoms with Crippen LogP contribution < -0.4 is 10.6 Å². The Morgan fingerprint density at radius 1 is 1.16 bits per heavy atom. The second-order valence-electron chi connectivity index (χ2n) is 4.81. The van der Waals surface area contributed by atoms with Crippen molar-refractivity contribution in [2.45, 2.75) is 32.7 Å². The zero-order valence-electron chi connectivity index (χ0n) is 11.4. The number of rotatable bonds is 4. The Kier molecular flexibility index (Phi) is 4.74. The van der Waals surface area contributed by atoms with E-state index in [1.165, 1.54) is 10.8 Å². The van der Waals surface area contributed by atoms with E-state index in [4.69, 9.17) is 12.2 Å². The summed E-state index contributed by atoms with van der Waals surface area (Å²) in [5, 5.41) is 9.71. The van der Waals surface area contributed by atoms with Crippen LogP contribution in [0.4, 0.5) is 5.69 Å². The van der Waals surface area contributed by atoms with E-state index in [-0.39, 0.29) is 0 Å². The summed E-state index contributed by atoms with van der Waals surface area (Å²) in [7, 11) is 0. The third-order valence-electron chi connectivity index (χ3n) is 3.14. The number of fused-ring (bicyclic) bond motifs is 1. The number of benzene rings is 2. The molecule has 100 valence electrons. The van der Waals surface area contributed by atoms with Gasteiger partial charge in [0, 0.05) is 17.1 Å². The first-order valence-electron chi connectivity index (χ1n) is 6.76. The second kappa shape index (κ2) is 6.53. The highest BCUT2D eigenvalue weighted by atomic mass is 32.1. The molecule has 1 unspecified atom stereocenters. The van der Waals surface area contributed by atoms with Gasteiger partial charge in [-0.1, -0.05) is 49.7 Å². The van der Waals surface area contributed by atoms with Gasteiger partial charge in [0.15, 0.2) is 5.11 Å². The molecule has 0 saturated heterocycles. The molecule has 2 N–H and O–H groups in total. The van der Waals surface area contributed by atoms with Crippen molar-refractivity contribution in [1.82, 2.24) is 5.32 Å². The van der Waals surface area contributed by atoms with Crippen molar-refractivity contribution >= 4 is 33.8 Å². The van der Waals surface area contributed by atoms with Gasteiger partial charge >= 0.3 is 0 Å². The van der Waals surface area contributed by atoms with Crippen molar-refractivity contribution in [3.8, 4) is 0 Å². The van der Waals surface area contributed by atoms with Crippen molar-refractivity contribution < 1.29 is 0 Å². The largest absolute Gasteiger partial charge is 0.360 e. The lowest BCUT2D eigenvalue weighted by Gasteiger charge is -2.17. The van der Waals surface area contributed by atoms with Crippen LogP contribution in [0.25, 0.3) is 10.8 Å². The van der Waals surface area contributed by atoms with Gasteiger partial charge in [0.2, 0.25) is 0 Å². The van der Waals surface area contributed by atoms with E-state index >= 15 is 0 Å². The molecule has 2 aromatic rings. The molecule has 0 aromatic heterocycles. The number of nitrogens with one attached hydrogen (secondary N) is 2. The van der Waals surface area contributed by atoms with Crippen LogP contribution >= 0.6 is 12.2 Å². The van der Waals surface area contributed by atoms with E-state index in [1.54, 1.807) is 0 Å². The quantitative estimate of drug-likeness (QED) is 0.811. The Labute approximate surface area is 120 Å². The maximum Gasteiger partial charge on any atom is 0.171 e. The summed E-state index contributed by atoms with van der Waals surface area (Å²) in [5.41, 5.74) is 1.05. The summed E-state index contributed by atoms with van der Waals surface area (Å²) in [5.74, 6) is 0. The van der Waals surface area contributed by atoms with Gasteiger partial charge in [0.1, 0.15) is 0 Å². The molecule has 0 spiro atoms. The minimum atomic E-state index is 0.403. The van der Waals surface area contributed by atoms with Gasteiger partial charge in [-0.05, 0) is 37.0 Å². The Morgan fingerprint density at radius 3 is 2.68 bits per heavy atom. The standard InChI is InChI=1S/C16H20N2S/c1-3-7-12(2)17-16(19)18-15-11-6-9-13-8-4-5-10-14(13)15/h4-6,8-12H,3,7H2,1-2H3,(H2,17,18,19). The molecule has 0 aliphatic heterocycles. The first kappa shape index (κ1) is 13.8. The van der Waals surface area contributed by atoms with Crippen LogP contribution in [0.2, 0.25) is 0 Å². The topological polar surface area (TPSA) is 24.1 Å². The van der Waals surface area contributed by atoms with E-state index < -0.39 is 0 Å². The molecule has 0 radical (unpaired) electrons. The Balaban J connectivity index is 2.11. The maximum atomic E-state index is 5.37. The summed E-state index contributed by atoms with van der Waals surface area (Å²) in [4.78, 5) is 0. The van der Waals surface area contributed by atoms with E-state index in [0.717, 1.165) is 18.5 Å². The van der Waals surface area contributed by atoms with E-state index in [2.05, 4.69) is 48.7 Å². The highest BCUT2D eigenvalue weighted by Crippen LogP contribution is 2.22. The molecule has 2 rings (SSSR count). The number of hydrogen-bond acceptors (Lipinski definition) is 1. The third kappa shape index (κ3) is 3.67. The van der Waals surface area contributed by atoms with Crippen LogP contribution in [-0.2, 0) is 0 Å². The molecule has 0 aliphatic rings. The van der Waals surface area contributed by atoms with Gasteiger partial charge in [-0.15, -0.1) is 0 Å². The Morgan fingerprint density at radius 2 is 1.89 bits per heavy atom. The predicted octanol–water partition coefficient (Wildman–Crippen LogP) is 4.31. The van der Waals surface area contributed by atoms with Gasteiger partial charge < -0.3 is 10.6 Å². The van der Waals surface area contributed by atoms with Gasteiger partial charge in [0.25, 0.3) is 0 Å². The fourth-order valence-corrected chi connectivity index (χ4v) is 2.53. The van der Waals surface area contributed by atoms with Crippen molar-refractivity contribution in [1.29, 1.82) is 0 Å². The first-order valence-corrected chi connectivity index (χ1v) is 7.17. The van der Waals surface area contributed by atoms with Crippen LogP contribution in [0.5, 0.6) is 0 Å². The average Bonchev–Trinajstić information content (AvgIpc) is 2.39. The molecule has 3 heteroatoms. The van der Waals surface area contributed by atoms with Gasteiger partial charge in [-0.2, -0.15) is 0 Å². The normalized spacial score (nSPS) is 12.1. The molecule has 0 amide bonds. The van der Waals surface area contributed by atoms with Gasteiger partial charge in [-0.25, -0.2) is 0 Å². The molecule has 0 bridgehead atoms. The SMILES string of the molecule is CCCC(C)NC(=S)Nc1cccc2ccccc12. The van der Waals surface area contributed by atoms with Crippen LogP contribution in [0.3, 0.4) is 0 Å². The first-order chi connectivity index (χ1) is 9.20. The third-order valence-corrected chi connectivity index (χ3v) is 3.36. The van der Waals surface area contributed by atoms with Crippen molar-refractivity contribution in [3.05, 3.63) is 42.5 Å². The molecule has 0 heterocycles. The minimum absolute atomic E-state index is 0.403. The molecule has 1 atom stereocenters. The maximum absolute atomic E-state index is 5.37. The van der Waals surface area contributed by atoms with Gasteiger partial charge in [0.05, 0.1) is 0 Å². The van der Waals surface area contributed by atoms with E-state index in [1.807, 2.05) is 18.2 Å². The lowest BCUT2D eigenvalue weighted by molar-refractivity contribution is 0.599. The fourth-order valence-electron chi connectivity index (χ4n) is 2.22. The summed E-state index contributed by atoms with van der Waals surface area (Å²) < 4.78 is 0. The van der Waals surface area contributed by atoms with Crippen LogP contribution in [0.15, 0.2) is 42.5 Å². The second-order valence-corrected chi connectivity index (χ2v) is 5.22. The molecule has 2 aromatic carbocycles. The van der Waals surface area contributed by atoms with Gasteiger partial charge in [-0.3, -0.25) is 0 Å². The summed E-state index contributed by atoms with van der Waals surface area (Å²) >= 11 is 5.37. The average molecular weight is 272 g/mol. The monoisotopic (exact) mass is 272 g/mol. The minimum Gasteiger partial charge on any atom is -0.360 e. The summed E-state index contributed by atoms with van der Waals surface area (Å²) in [6.07, 6.45) is 2.28. The van der Waals surface area contributed by atoms with Crippen LogP contribution in [0, 0.1) is 0 Å². The smallest absolute Gasteiger partial charge is 0.171 e. The molecule has 0 saturated carbocycles. The molecule has 19 heavy (non-hydrogen) atoms. The van der Waals surface area contributed by atoms with E-state index in [9.17, 15) is 0 Å². The summed E-state index contributed by atoms with van der Waals surface area (Å²) in [6.45, 7) is 4.33. The van der Waals surface area contributed by atoms with Crippen LogP contribution in [-0.4, -0.2) is 11.2 Å². The molecular weight excluding hydrogens is 252 g/mol. The predicted molar refractivity (Wildman–Crippen MR) is 87.7 cm³/mol. The number of hydrogen-bond donors (Lipinski definition) is 2. The zero-order valence-corrected chi connectivity index (χ0v) is 12.3. The molecule has 0 fully saturated rings. The molecule has 0 aliphatic carbocycles. The Hall–Kier alpha value is -1.61. The van der Waals surface area contributed by atoms with E-state index in [0.29, 0.717) is 11.2 Å². The van der Waals surface area contributed by atoms with Crippen LogP contribution in [0.1, 0.15) is 26.7 Å². The highest BCUT2D eigenvalue weighted by Gasteiger charge is 2.05. The number of anilines is 1. The van der Waals surface area contributed by atoms with Crippen molar-refractivity contribution in [2.75, 3.05) is 5.32 Å². The molecule has 2 nitrogen and oxygen atoms in total. The lowest BCUT2D eigenvalue weighted by atomic mass is 10.1. The van der Waals surface area contributed by atoms with Crippen molar-refractivity contribution in [3.63, 3.8) is 0 Å². The number of thiocarbonyl (C=S) groups is 1. The Bertz CT molecular complexity index is 560. The fraction of sp³-hybridized carbons (Fsp3) is 0.312.